The number of carbonyl (C=O) groups excluding carboxylic acids is 2. The molecule has 1 heterocycles. The monoisotopic (exact) mass is 268 g/mol. The molecule has 0 unspecified atom stereocenters. The summed E-state index contributed by atoms with van der Waals surface area (Å²) >= 11 is 0. The number of carbonyl (C=O) groups is 2. The molecule has 0 aliphatic carbocycles. The average Bonchev–Trinajstić information content (AvgIpc) is 2.74. The Hall–Kier alpha value is -2.44. The second-order valence-electron chi connectivity index (χ2n) is 4.43. The van der Waals surface area contributed by atoms with E-state index in [4.69, 9.17) is 10.0 Å². The van der Waals surface area contributed by atoms with Gasteiger partial charge < -0.3 is 14.8 Å². The molecule has 0 amide bonds. The van der Waals surface area contributed by atoms with Crippen LogP contribution in [-0.2, 0) is 4.74 Å². The third-order valence-corrected chi connectivity index (χ3v) is 3.19. The first kappa shape index (κ1) is 12.6. The SMILES string of the molecule is O=C1OC(=O)c2cc(-c3ccc(B(O)O)cc3)ccc21. The fourth-order valence-electron chi connectivity index (χ4n) is 2.11. The van der Waals surface area contributed by atoms with Crippen LogP contribution >= 0.6 is 0 Å². The lowest BCUT2D eigenvalue weighted by atomic mass is 9.80. The number of cyclic esters (lactones) is 2. The van der Waals surface area contributed by atoms with Crippen LogP contribution in [0.1, 0.15) is 20.7 Å². The largest absolute Gasteiger partial charge is 0.488 e. The minimum atomic E-state index is -1.52. The standard InChI is InChI=1S/C14H9BO5/c16-13-11-6-3-9(7-12(11)14(17)20-13)8-1-4-10(5-2-8)15(18)19/h1-7,18-19H. The van der Waals surface area contributed by atoms with Crippen molar-refractivity contribution in [2.45, 2.75) is 0 Å². The number of hydrogen-bond donors (Lipinski definition) is 2. The molecular formula is C14H9BO5. The van der Waals surface area contributed by atoms with E-state index in [1.807, 2.05) is 0 Å². The number of fused-ring (bicyclic) bond motifs is 1. The van der Waals surface area contributed by atoms with Crippen LogP contribution in [0.5, 0.6) is 0 Å². The normalized spacial score (nSPS) is 13.1. The Labute approximate surface area is 114 Å². The highest BCUT2D eigenvalue weighted by Crippen LogP contribution is 2.26. The second-order valence-corrected chi connectivity index (χ2v) is 4.43. The first-order chi connectivity index (χ1) is 9.56. The lowest BCUT2D eigenvalue weighted by Gasteiger charge is -2.04. The van der Waals surface area contributed by atoms with Crippen molar-refractivity contribution in [1.29, 1.82) is 0 Å². The summed E-state index contributed by atoms with van der Waals surface area (Å²) in [5, 5.41) is 18.1. The summed E-state index contributed by atoms with van der Waals surface area (Å²) in [6.45, 7) is 0. The van der Waals surface area contributed by atoms with E-state index in [-0.39, 0.29) is 11.1 Å². The zero-order valence-electron chi connectivity index (χ0n) is 10.2. The van der Waals surface area contributed by atoms with Gasteiger partial charge in [0.15, 0.2) is 0 Å². The Morgan fingerprint density at radius 1 is 0.800 bits per heavy atom. The molecule has 2 aromatic rings. The molecule has 0 radical (unpaired) electrons. The summed E-state index contributed by atoms with van der Waals surface area (Å²) in [4.78, 5) is 22.8. The van der Waals surface area contributed by atoms with E-state index in [9.17, 15) is 9.59 Å². The van der Waals surface area contributed by atoms with Crippen molar-refractivity contribution in [3.8, 4) is 11.1 Å². The molecule has 6 heteroatoms. The van der Waals surface area contributed by atoms with Crippen LogP contribution in [0.25, 0.3) is 11.1 Å². The molecule has 0 fully saturated rings. The maximum absolute atomic E-state index is 11.5. The Morgan fingerprint density at radius 3 is 2.05 bits per heavy atom. The van der Waals surface area contributed by atoms with Gasteiger partial charge in [-0.15, -0.1) is 0 Å². The predicted molar refractivity (Wildman–Crippen MR) is 71.4 cm³/mol. The summed E-state index contributed by atoms with van der Waals surface area (Å²) in [6.07, 6.45) is 0. The van der Waals surface area contributed by atoms with Crippen LogP contribution < -0.4 is 5.46 Å². The third-order valence-electron chi connectivity index (χ3n) is 3.19. The lowest BCUT2D eigenvalue weighted by Crippen LogP contribution is -2.29. The quantitative estimate of drug-likeness (QED) is 0.466. The van der Waals surface area contributed by atoms with Gasteiger partial charge in [0.25, 0.3) is 0 Å². The van der Waals surface area contributed by atoms with Gasteiger partial charge in [0.05, 0.1) is 11.1 Å². The predicted octanol–water partition coefficient (Wildman–Crippen LogP) is 0.344. The molecule has 0 atom stereocenters. The number of hydrogen-bond acceptors (Lipinski definition) is 5. The van der Waals surface area contributed by atoms with Gasteiger partial charge in [0.2, 0.25) is 0 Å². The van der Waals surface area contributed by atoms with E-state index >= 15 is 0 Å². The van der Waals surface area contributed by atoms with Gasteiger partial charge in [-0.3, -0.25) is 0 Å². The summed E-state index contributed by atoms with van der Waals surface area (Å²) < 4.78 is 4.53. The Balaban J connectivity index is 2.01. The molecule has 1 aliphatic rings. The van der Waals surface area contributed by atoms with Gasteiger partial charge in [-0.1, -0.05) is 30.3 Å². The summed E-state index contributed by atoms with van der Waals surface area (Å²) in [7, 11) is -1.52. The summed E-state index contributed by atoms with van der Waals surface area (Å²) in [5.74, 6) is -1.27. The molecule has 0 spiro atoms. The summed E-state index contributed by atoms with van der Waals surface area (Å²) in [5.41, 5.74) is 2.43. The van der Waals surface area contributed by atoms with Crippen LogP contribution in [0.4, 0.5) is 0 Å². The fourth-order valence-corrected chi connectivity index (χ4v) is 2.11. The molecule has 2 N–H and O–H groups in total. The van der Waals surface area contributed by atoms with Crippen LogP contribution in [0.2, 0.25) is 0 Å². The zero-order chi connectivity index (χ0) is 14.3. The van der Waals surface area contributed by atoms with E-state index in [0.717, 1.165) is 11.1 Å². The number of ether oxygens (including phenoxy) is 1. The Morgan fingerprint density at radius 2 is 1.40 bits per heavy atom. The number of benzene rings is 2. The highest BCUT2D eigenvalue weighted by Gasteiger charge is 2.29. The molecule has 20 heavy (non-hydrogen) atoms. The molecule has 0 aromatic heterocycles. The van der Waals surface area contributed by atoms with Crippen molar-refractivity contribution < 1.29 is 24.4 Å². The van der Waals surface area contributed by atoms with Gasteiger partial charge >= 0.3 is 19.1 Å². The smallest absolute Gasteiger partial charge is 0.423 e. The number of esters is 2. The maximum Gasteiger partial charge on any atom is 0.488 e. The molecule has 1 aliphatic heterocycles. The molecule has 0 saturated carbocycles. The molecule has 3 rings (SSSR count). The van der Waals surface area contributed by atoms with Crippen molar-refractivity contribution in [2.75, 3.05) is 0 Å². The van der Waals surface area contributed by atoms with Gasteiger partial charge in [-0.05, 0) is 28.7 Å². The Bertz CT molecular complexity index is 706. The van der Waals surface area contributed by atoms with Crippen LogP contribution in [-0.4, -0.2) is 29.1 Å². The Kier molecular flexibility index (Phi) is 2.89. The van der Waals surface area contributed by atoms with E-state index in [1.54, 1.807) is 42.5 Å². The van der Waals surface area contributed by atoms with Crippen molar-refractivity contribution in [2.24, 2.45) is 0 Å². The van der Waals surface area contributed by atoms with E-state index in [1.165, 1.54) is 0 Å². The van der Waals surface area contributed by atoms with Crippen molar-refractivity contribution >= 4 is 24.5 Å². The highest BCUT2D eigenvalue weighted by molar-refractivity contribution is 6.58. The van der Waals surface area contributed by atoms with Crippen LogP contribution in [0, 0.1) is 0 Å². The maximum atomic E-state index is 11.5. The molecular weight excluding hydrogens is 259 g/mol. The summed E-state index contributed by atoms with van der Waals surface area (Å²) in [6, 6.07) is 11.4. The first-order valence-electron chi connectivity index (χ1n) is 5.93. The minimum Gasteiger partial charge on any atom is -0.423 e. The lowest BCUT2D eigenvalue weighted by molar-refractivity contribution is 0.0444. The molecule has 2 aromatic carbocycles. The van der Waals surface area contributed by atoms with Gasteiger partial charge in [0.1, 0.15) is 0 Å². The van der Waals surface area contributed by atoms with Gasteiger partial charge in [0, 0.05) is 0 Å². The third kappa shape index (κ3) is 2.01. The molecule has 0 bridgehead atoms. The number of rotatable bonds is 2. The topological polar surface area (TPSA) is 83.8 Å². The zero-order valence-corrected chi connectivity index (χ0v) is 10.2. The van der Waals surface area contributed by atoms with Gasteiger partial charge in [-0.2, -0.15) is 0 Å². The second kappa shape index (κ2) is 4.59. The highest BCUT2D eigenvalue weighted by atomic mass is 16.6. The molecule has 0 saturated heterocycles. The van der Waals surface area contributed by atoms with Crippen molar-refractivity contribution in [1.82, 2.24) is 0 Å². The molecule has 98 valence electrons. The van der Waals surface area contributed by atoms with Crippen molar-refractivity contribution in [3.63, 3.8) is 0 Å². The fraction of sp³-hybridized carbons (Fsp3) is 0. The van der Waals surface area contributed by atoms with Crippen LogP contribution in [0.3, 0.4) is 0 Å². The van der Waals surface area contributed by atoms with Gasteiger partial charge in [-0.25, -0.2) is 9.59 Å². The first-order valence-corrected chi connectivity index (χ1v) is 5.93. The molecule has 5 nitrogen and oxygen atoms in total. The average molecular weight is 268 g/mol. The van der Waals surface area contributed by atoms with E-state index in [0.29, 0.717) is 5.46 Å². The minimum absolute atomic E-state index is 0.249. The van der Waals surface area contributed by atoms with E-state index < -0.39 is 19.1 Å². The van der Waals surface area contributed by atoms with Crippen LogP contribution in [0.15, 0.2) is 42.5 Å². The van der Waals surface area contributed by atoms with E-state index in [2.05, 4.69) is 4.74 Å². The van der Waals surface area contributed by atoms with Crippen molar-refractivity contribution in [3.05, 3.63) is 53.6 Å².